The highest BCUT2D eigenvalue weighted by Gasteiger charge is 2.25. The van der Waals surface area contributed by atoms with Gasteiger partial charge in [0.2, 0.25) is 0 Å². The second-order valence-corrected chi connectivity index (χ2v) is 18.8. The van der Waals surface area contributed by atoms with E-state index in [4.69, 9.17) is 14.2 Å². The normalized spacial score (nSPS) is 13.5. The minimum absolute atomic E-state index is 0.0306. The van der Waals surface area contributed by atoms with Crippen LogP contribution in [-0.2, 0) is 28.6 Å². The van der Waals surface area contributed by atoms with Crippen LogP contribution in [0.15, 0.2) is 85.1 Å². The summed E-state index contributed by atoms with van der Waals surface area (Å²) in [5, 5.41) is 11.7. The summed E-state index contributed by atoms with van der Waals surface area (Å²) in [6.07, 6.45) is 63.2. The van der Waals surface area contributed by atoms with Crippen molar-refractivity contribution in [1.82, 2.24) is 0 Å². The molecule has 0 fully saturated rings. The van der Waals surface area contributed by atoms with E-state index in [0.717, 1.165) is 83.5 Å². The number of hydrogen-bond donors (Lipinski definition) is 0. The standard InChI is InChI=1S/C58H99NO7/c1-6-8-10-12-14-16-18-20-22-24-26-28-29-31-32-34-36-38-40-42-44-46-48-56(60)65-53-54(52-64-51-50-55(58(62)63)59(3,4)5)66-57(61)49-47-45-43-41-39-37-35-33-30-27-25-23-21-19-17-15-13-11-9-7-2/h8,10,14,16-17,19-23,26,28,31-32,54-55H,6-7,9,11-13,15,18,24-25,27,29-30,33-53H2,1-5H3/b10-8+,16-14+,19-17+,22-20+,23-21+,28-26+,32-31+. The summed E-state index contributed by atoms with van der Waals surface area (Å²) in [4.78, 5) is 37.1. The first-order valence-electron chi connectivity index (χ1n) is 26.6. The molecule has 0 rings (SSSR count). The first-order valence-corrected chi connectivity index (χ1v) is 26.6. The van der Waals surface area contributed by atoms with E-state index in [1.165, 1.54) is 96.3 Å². The van der Waals surface area contributed by atoms with E-state index in [0.29, 0.717) is 12.8 Å². The predicted octanol–water partition coefficient (Wildman–Crippen LogP) is 14.3. The van der Waals surface area contributed by atoms with Crippen LogP contribution >= 0.6 is 0 Å². The maximum Gasteiger partial charge on any atom is 0.306 e. The number of unbranched alkanes of at least 4 members (excludes halogenated alkanes) is 20. The third-order valence-corrected chi connectivity index (χ3v) is 11.5. The van der Waals surface area contributed by atoms with Crippen molar-refractivity contribution in [2.75, 3.05) is 41.0 Å². The van der Waals surface area contributed by atoms with Crippen LogP contribution in [-0.4, -0.2) is 75.5 Å². The van der Waals surface area contributed by atoms with Crippen LogP contribution < -0.4 is 5.11 Å². The average molecular weight is 922 g/mol. The van der Waals surface area contributed by atoms with Gasteiger partial charge in [-0.3, -0.25) is 9.59 Å². The van der Waals surface area contributed by atoms with Gasteiger partial charge in [-0.05, 0) is 83.5 Å². The lowest BCUT2D eigenvalue weighted by Gasteiger charge is -2.34. The number of rotatable bonds is 47. The highest BCUT2D eigenvalue weighted by Crippen LogP contribution is 2.15. The van der Waals surface area contributed by atoms with Crippen molar-refractivity contribution in [3.05, 3.63) is 85.1 Å². The smallest absolute Gasteiger partial charge is 0.306 e. The van der Waals surface area contributed by atoms with E-state index in [1.54, 1.807) is 21.1 Å². The zero-order valence-electron chi connectivity index (χ0n) is 43.1. The number of aliphatic carboxylic acids is 1. The molecule has 0 saturated heterocycles. The molecule has 2 atom stereocenters. The number of hydrogen-bond acceptors (Lipinski definition) is 7. The number of carboxylic acid groups (broad SMARTS) is 1. The molecule has 8 heteroatoms. The Morgan fingerprint density at radius 1 is 0.485 bits per heavy atom. The van der Waals surface area contributed by atoms with Gasteiger partial charge >= 0.3 is 11.9 Å². The largest absolute Gasteiger partial charge is 0.544 e. The van der Waals surface area contributed by atoms with Gasteiger partial charge in [-0.25, -0.2) is 0 Å². The number of carboxylic acids is 1. The molecule has 0 heterocycles. The quantitative estimate of drug-likeness (QED) is 0.0197. The summed E-state index contributed by atoms with van der Waals surface area (Å²) in [5.41, 5.74) is 0. The van der Waals surface area contributed by atoms with E-state index in [1.807, 2.05) is 0 Å². The van der Waals surface area contributed by atoms with Crippen LogP contribution in [0, 0.1) is 0 Å². The number of nitrogens with zero attached hydrogens (tertiary/aromatic N) is 1. The zero-order chi connectivity index (χ0) is 48.4. The van der Waals surface area contributed by atoms with Gasteiger partial charge in [-0.1, -0.05) is 195 Å². The van der Waals surface area contributed by atoms with Crippen molar-refractivity contribution < 1.29 is 38.2 Å². The molecule has 0 amide bonds. The monoisotopic (exact) mass is 922 g/mol. The van der Waals surface area contributed by atoms with Crippen LogP contribution in [0.5, 0.6) is 0 Å². The van der Waals surface area contributed by atoms with Crippen molar-refractivity contribution in [3.63, 3.8) is 0 Å². The number of esters is 2. The van der Waals surface area contributed by atoms with Crippen molar-refractivity contribution in [1.29, 1.82) is 0 Å². The van der Waals surface area contributed by atoms with E-state index >= 15 is 0 Å². The van der Waals surface area contributed by atoms with Crippen LogP contribution in [0.4, 0.5) is 0 Å². The molecule has 8 nitrogen and oxygen atoms in total. The molecule has 0 saturated carbocycles. The van der Waals surface area contributed by atoms with Crippen molar-refractivity contribution in [3.8, 4) is 0 Å². The SMILES string of the molecule is CC/C=C/C/C=C/C/C=C/C/C=C/C/C=C/CCCCCCCCC(=O)OCC(COCCC(C(=O)[O-])[N+](C)(C)C)OC(=O)CCCCCCCCCCCC/C=C/C=C/CCCCCC. The van der Waals surface area contributed by atoms with Gasteiger partial charge in [0.05, 0.1) is 40.3 Å². The van der Waals surface area contributed by atoms with Crippen molar-refractivity contribution in [2.24, 2.45) is 0 Å². The molecular weight excluding hydrogens is 823 g/mol. The summed E-state index contributed by atoms with van der Waals surface area (Å²) in [7, 11) is 5.41. The molecule has 66 heavy (non-hydrogen) atoms. The molecule has 0 bridgehead atoms. The van der Waals surface area contributed by atoms with E-state index in [2.05, 4.69) is 98.9 Å². The Morgan fingerprint density at radius 2 is 0.894 bits per heavy atom. The second-order valence-electron chi connectivity index (χ2n) is 18.8. The molecular formula is C58H99NO7. The Labute approximate surface area is 405 Å². The maximum atomic E-state index is 12.8. The molecule has 0 aliphatic carbocycles. The Kier molecular flexibility index (Phi) is 45.4. The van der Waals surface area contributed by atoms with E-state index in [-0.39, 0.29) is 42.7 Å². The molecule has 0 N–H and O–H groups in total. The van der Waals surface area contributed by atoms with E-state index in [9.17, 15) is 19.5 Å². The third-order valence-electron chi connectivity index (χ3n) is 11.5. The highest BCUT2D eigenvalue weighted by molar-refractivity contribution is 5.70. The molecule has 378 valence electrons. The number of allylic oxidation sites excluding steroid dienone is 14. The minimum Gasteiger partial charge on any atom is -0.544 e. The fourth-order valence-corrected chi connectivity index (χ4v) is 7.44. The molecule has 0 aliphatic heterocycles. The van der Waals surface area contributed by atoms with Crippen molar-refractivity contribution in [2.45, 2.75) is 225 Å². The predicted molar refractivity (Wildman–Crippen MR) is 277 cm³/mol. The minimum atomic E-state index is -1.13. The summed E-state index contributed by atoms with van der Waals surface area (Å²) >= 11 is 0. The van der Waals surface area contributed by atoms with Gasteiger partial charge in [0, 0.05) is 19.3 Å². The summed E-state index contributed by atoms with van der Waals surface area (Å²) in [6.45, 7) is 4.52. The number of ether oxygens (including phenoxy) is 3. The lowest BCUT2D eigenvalue weighted by Crippen LogP contribution is -2.55. The van der Waals surface area contributed by atoms with Gasteiger partial charge < -0.3 is 28.6 Å². The van der Waals surface area contributed by atoms with E-state index < -0.39 is 18.1 Å². The molecule has 0 aromatic carbocycles. The summed E-state index contributed by atoms with van der Waals surface area (Å²) < 4.78 is 17.2. The van der Waals surface area contributed by atoms with Crippen molar-refractivity contribution >= 4 is 17.9 Å². The Balaban J connectivity index is 4.28. The van der Waals surface area contributed by atoms with Gasteiger partial charge in [-0.2, -0.15) is 0 Å². The first-order chi connectivity index (χ1) is 32.1. The fourth-order valence-electron chi connectivity index (χ4n) is 7.44. The average Bonchev–Trinajstić information content (AvgIpc) is 3.28. The lowest BCUT2D eigenvalue weighted by molar-refractivity contribution is -0.889. The topological polar surface area (TPSA) is 102 Å². The summed E-state index contributed by atoms with van der Waals surface area (Å²) in [6, 6.07) is -0.734. The molecule has 2 unspecified atom stereocenters. The molecule has 0 aromatic heterocycles. The fraction of sp³-hybridized carbons (Fsp3) is 0.707. The van der Waals surface area contributed by atoms with Gasteiger partial charge in [-0.15, -0.1) is 0 Å². The maximum absolute atomic E-state index is 12.8. The van der Waals surface area contributed by atoms with Crippen LogP contribution in [0.1, 0.15) is 213 Å². The van der Waals surface area contributed by atoms with Gasteiger partial charge in [0.25, 0.3) is 0 Å². The van der Waals surface area contributed by atoms with Crippen LogP contribution in [0.3, 0.4) is 0 Å². The third kappa shape index (κ3) is 45.7. The number of carbonyl (C=O) groups excluding carboxylic acids is 3. The number of carbonyl (C=O) groups is 3. The van der Waals surface area contributed by atoms with Gasteiger partial charge in [0.15, 0.2) is 6.10 Å². The zero-order valence-corrected chi connectivity index (χ0v) is 43.1. The molecule has 0 aliphatic rings. The molecule has 0 spiro atoms. The Hall–Kier alpha value is -3.49. The Morgan fingerprint density at radius 3 is 1.35 bits per heavy atom. The number of likely N-dealkylation sites (N-methyl/N-ethyl adjacent to an activating group) is 1. The lowest BCUT2D eigenvalue weighted by atomic mass is 10.1. The Bertz CT molecular complexity index is 1350. The highest BCUT2D eigenvalue weighted by atomic mass is 16.6. The van der Waals surface area contributed by atoms with Crippen LogP contribution in [0.2, 0.25) is 0 Å². The molecule has 0 radical (unpaired) electrons. The second kappa shape index (κ2) is 48.0. The number of quaternary nitrogens is 1. The summed E-state index contributed by atoms with van der Waals surface area (Å²) in [5.74, 6) is -1.76. The van der Waals surface area contributed by atoms with Crippen LogP contribution in [0.25, 0.3) is 0 Å². The van der Waals surface area contributed by atoms with Gasteiger partial charge in [0.1, 0.15) is 12.6 Å². The molecule has 0 aromatic rings. The first kappa shape index (κ1) is 62.5.